The van der Waals surface area contributed by atoms with E-state index < -0.39 is 6.10 Å². The number of ether oxygens (including phenoxy) is 3. The number of methoxy groups -OCH3 is 2. The summed E-state index contributed by atoms with van der Waals surface area (Å²) in [5.74, 6) is 1.08. The number of benzene rings is 2. The SMILES string of the molecule is COc1cccc(COC(C)C(=O)Nc2cc(OC)ccc2N)c1.Cl. The van der Waals surface area contributed by atoms with Gasteiger partial charge in [-0.05, 0) is 36.8 Å². The van der Waals surface area contributed by atoms with Crippen LogP contribution in [0.25, 0.3) is 0 Å². The van der Waals surface area contributed by atoms with E-state index in [9.17, 15) is 4.79 Å². The Morgan fingerprint density at radius 3 is 2.48 bits per heavy atom. The quantitative estimate of drug-likeness (QED) is 0.735. The summed E-state index contributed by atoms with van der Waals surface area (Å²) in [5.41, 5.74) is 7.75. The minimum absolute atomic E-state index is 0. The Labute approximate surface area is 153 Å². The molecule has 1 atom stereocenters. The van der Waals surface area contributed by atoms with Crippen LogP contribution in [0.2, 0.25) is 0 Å². The van der Waals surface area contributed by atoms with Crippen LogP contribution in [-0.4, -0.2) is 26.2 Å². The molecule has 0 heterocycles. The van der Waals surface area contributed by atoms with Gasteiger partial charge in [-0.3, -0.25) is 4.79 Å². The second-order valence-corrected chi connectivity index (χ2v) is 5.25. The van der Waals surface area contributed by atoms with Crippen molar-refractivity contribution < 1.29 is 19.0 Å². The number of carbonyl (C=O) groups is 1. The molecule has 0 aliphatic carbocycles. The van der Waals surface area contributed by atoms with Gasteiger partial charge in [-0.25, -0.2) is 0 Å². The molecule has 2 rings (SSSR count). The predicted octanol–water partition coefficient (Wildman–Crippen LogP) is 3.25. The van der Waals surface area contributed by atoms with Crippen LogP contribution in [0.1, 0.15) is 12.5 Å². The third kappa shape index (κ3) is 5.85. The fourth-order valence-electron chi connectivity index (χ4n) is 2.06. The molecule has 2 aromatic rings. The highest BCUT2D eigenvalue weighted by molar-refractivity contribution is 5.96. The Bertz CT molecular complexity index is 709. The first-order valence-electron chi connectivity index (χ1n) is 7.52. The zero-order valence-corrected chi connectivity index (χ0v) is 15.3. The summed E-state index contributed by atoms with van der Waals surface area (Å²) in [6, 6.07) is 12.6. The standard InChI is InChI=1S/C18H22N2O4.ClH/c1-12(24-11-13-5-4-6-14(9-13)22-2)18(21)20-17-10-15(23-3)7-8-16(17)19;/h4-10,12H,11,19H2,1-3H3,(H,20,21);1H. The molecule has 0 aromatic heterocycles. The molecule has 0 saturated heterocycles. The van der Waals surface area contributed by atoms with E-state index in [1.54, 1.807) is 39.3 Å². The number of rotatable bonds is 7. The number of amides is 1. The van der Waals surface area contributed by atoms with E-state index in [4.69, 9.17) is 19.9 Å². The third-order valence-electron chi connectivity index (χ3n) is 3.52. The number of halogens is 1. The number of nitrogens with two attached hydrogens (primary N) is 1. The van der Waals surface area contributed by atoms with Gasteiger partial charge in [0.15, 0.2) is 0 Å². The number of carbonyl (C=O) groups excluding carboxylic acids is 1. The molecular weight excluding hydrogens is 344 g/mol. The molecule has 6 nitrogen and oxygen atoms in total. The van der Waals surface area contributed by atoms with E-state index in [0.717, 1.165) is 11.3 Å². The number of nitrogens with one attached hydrogen (secondary N) is 1. The van der Waals surface area contributed by atoms with Gasteiger partial charge in [0.25, 0.3) is 5.91 Å². The third-order valence-corrected chi connectivity index (χ3v) is 3.52. The molecule has 0 fully saturated rings. The van der Waals surface area contributed by atoms with Gasteiger partial charge in [0, 0.05) is 6.07 Å². The van der Waals surface area contributed by atoms with Crippen LogP contribution in [0.4, 0.5) is 11.4 Å². The fourth-order valence-corrected chi connectivity index (χ4v) is 2.06. The highest BCUT2D eigenvalue weighted by Gasteiger charge is 2.15. The first kappa shape index (κ1) is 20.6. The van der Waals surface area contributed by atoms with Crippen LogP contribution < -0.4 is 20.5 Å². The van der Waals surface area contributed by atoms with Crippen molar-refractivity contribution in [1.82, 2.24) is 0 Å². The van der Waals surface area contributed by atoms with E-state index in [1.807, 2.05) is 24.3 Å². The van der Waals surface area contributed by atoms with E-state index in [1.165, 1.54) is 0 Å². The van der Waals surface area contributed by atoms with Crippen molar-refractivity contribution in [3.05, 3.63) is 48.0 Å². The smallest absolute Gasteiger partial charge is 0.253 e. The molecule has 7 heteroatoms. The summed E-state index contributed by atoms with van der Waals surface area (Å²) in [7, 11) is 3.16. The number of hydrogen-bond donors (Lipinski definition) is 2. The largest absolute Gasteiger partial charge is 0.497 e. The van der Waals surface area contributed by atoms with Crippen LogP contribution in [-0.2, 0) is 16.1 Å². The summed E-state index contributed by atoms with van der Waals surface area (Å²) in [4.78, 5) is 12.3. The minimum Gasteiger partial charge on any atom is -0.497 e. The Balaban J connectivity index is 0.00000312. The van der Waals surface area contributed by atoms with Crippen molar-refractivity contribution in [1.29, 1.82) is 0 Å². The Kier molecular flexibility index (Phi) is 8.04. The van der Waals surface area contributed by atoms with Gasteiger partial charge >= 0.3 is 0 Å². The molecule has 0 spiro atoms. The molecule has 1 amide bonds. The molecule has 0 radical (unpaired) electrons. The van der Waals surface area contributed by atoms with Gasteiger partial charge in [0.1, 0.15) is 17.6 Å². The summed E-state index contributed by atoms with van der Waals surface area (Å²) < 4.78 is 15.9. The lowest BCUT2D eigenvalue weighted by molar-refractivity contribution is -0.127. The second-order valence-electron chi connectivity index (χ2n) is 5.25. The lowest BCUT2D eigenvalue weighted by Gasteiger charge is -2.15. The van der Waals surface area contributed by atoms with Gasteiger partial charge in [0.2, 0.25) is 0 Å². The molecule has 0 saturated carbocycles. The lowest BCUT2D eigenvalue weighted by atomic mass is 10.2. The van der Waals surface area contributed by atoms with Crippen molar-refractivity contribution in [2.75, 3.05) is 25.3 Å². The summed E-state index contributed by atoms with van der Waals surface area (Å²) in [5, 5.41) is 2.75. The number of anilines is 2. The van der Waals surface area contributed by atoms with Gasteiger partial charge in [0.05, 0.1) is 32.2 Å². The highest BCUT2D eigenvalue weighted by Crippen LogP contribution is 2.24. The van der Waals surface area contributed by atoms with Gasteiger partial charge in [-0.15, -0.1) is 12.4 Å². The minimum atomic E-state index is -0.637. The molecular formula is C18H23ClN2O4. The Hall–Kier alpha value is -2.44. The Morgan fingerprint density at radius 2 is 1.80 bits per heavy atom. The average Bonchev–Trinajstić information content (AvgIpc) is 2.61. The molecule has 1 unspecified atom stereocenters. The summed E-state index contributed by atoms with van der Waals surface area (Å²) in [6.45, 7) is 1.99. The zero-order valence-electron chi connectivity index (χ0n) is 14.4. The topological polar surface area (TPSA) is 82.8 Å². The molecule has 0 aliphatic rings. The zero-order chi connectivity index (χ0) is 17.5. The number of hydrogen-bond acceptors (Lipinski definition) is 5. The molecule has 2 aromatic carbocycles. The van der Waals surface area contributed by atoms with Gasteiger partial charge < -0.3 is 25.3 Å². The highest BCUT2D eigenvalue weighted by atomic mass is 35.5. The van der Waals surface area contributed by atoms with Crippen molar-refractivity contribution in [2.24, 2.45) is 0 Å². The predicted molar refractivity (Wildman–Crippen MR) is 101 cm³/mol. The molecule has 3 N–H and O–H groups in total. The van der Waals surface area contributed by atoms with Crippen LogP contribution in [0.15, 0.2) is 42.5 Å². The van der Waals surface area contributed by atoms with Crippen molar-refractivity contribution in [2.45, 2.75) is 19.6 Å². The van der Waals surface area contributed by atoms with E-state index in [-0.39, 0.29) is 18.3 Å². The van der Waals surface area contributed by atoms with E-state index in [0.29, 0.717) is 23.7 Å². The maximum absolute atomic E-state index is 12.3. The van der Waals surface area contributed by atoms with Crippen molar-refractivity contribution in [3.63, 3.8) is 0 Å². The number of nitrogen functional groups attached to an aromatic ring is 1. The fraction of sp³-hybridized carbons (Fsp3) is 0.278. The van der Waals surface area contributed by atoms with E-state index >= 15 is 0 Å². The van der Waals surface area contributed by atoms with Gasteiger partial charge in [-0.1, -0.05) is 12.1 Å². The molecule has 0 bridgehead atoms. The lowest BCUT2D eigenvalue weighted by Crippen LogP contribution is -2.28. The first-order chi connectivity index (χ1) is 11.5. The maximum Gasteiger partial charge on any atom is 0.253 e. The van der Waals surface area contributed by atoms with Crippen LogP contribution in [0.5, 0.6) is 11.5 Å². The molecule has 25 heavy (non-hydrogen) atoms. The van der Waals surface area contributed by atoms with Crippen LogP contribution in [0, 0.1) is 0 Å². The van der Waals surface area contributed by atoms with E-state index in [2.05, 4.69) is 5.32 Å². The van der Waals surface area contributed by atoms with Gasteiger partial charge in [-0.2, -0.15) is 0 Å². The second kappa shape index (κ2) is 9.76. The maximum atomic E-state index is 12.3. The Morgan fingerprint density at radius 1 is 1.12 bits per heavy atom. The van der Waals surface area contributed by atoms with Crippen LogP contribution >= 0.6 is 12.4 Å². The van der Waals surface area contributed by atoms with Crippen molar-refractivity contribution >= 4 is 29.7 Å². The normalized spacial score (nSPS) is 11.2. The summed E-state index contributed by atoms with van der Waals surface area (Å²) >= 11 is 0. The monoisotopic (exact) mass is 366 g/mol. The average molecular weight is 367 g/mol. The van der Waals surface area contributed by atoms with Crippen molar-refractivity contribution in [3.8, 4) is 11.5 Å². The molecule has 0 aliphatic heterocycles. The van der Waals surface area contributed by atoms with Crippen LogP contribution in [0.3, 0.4) is 0 Å². The summed E-state index contributed by atoms with van der Waals surface area (Å²) in [6.07, 6.45) is -0.637. The first-order valence-corrected chi connectivity index (χ1v) is 7.52. The molecule has 136 valence electrons.